The molecule has 1 N–H and O–H groups in total. The molecule has 3 rings (SSSR count). The van der Waals surface area contributed by atoms with E-state index in [-0.39, 0.29) is 6.04 Å². The third-order valence-electron chi connectivity index (χ3n) is 4.95. The second-order valence-corrected chi connectivity index (χ2v) is 9.59. The lowest BCUT2D eigenvalue weighted by molar-refractivity contribution is 0.485. The van der Waals surface area contributed by atoms with Crippen molar-refractivity contribution in [2.75, 3.05) is 0 Å². The highest BCUT2D eigenvalue weighted by atomic mass is 32.2. The van der Waals surface area contributed by atoms with E-state index in [0.717, 1.165) is 35.3 Å². The number of aryl methyl sites for hydroxylation is 1. The number of aromatic nitrogens is 2. The van der Waals surface area contributed by atoms with Crippen LogP contribution in [0.1, 0.15) is 45.0 Å². The fourth-order valence-corrected chi connectivity index (χ4v) is 4.61. The van der Waals surface area contributed by atoms with Crippen LogP contribution >= 0.6 is 0 Å². The van der Waals surface area contributed by atoms with Gasteiger partial charge in [0.15, 0.2) is 0 Å². The second-order valence-electron chi connectivity index (χ2n) is 7.87. The van der Waals surface area contributed by atoms with Gasteiger partial charge in [0.25, 0.3) is 0 Å². The summed E-state index contributed by atoms with van der Waals surface area (Å²) < 4.78 is 30.2. The third-order valence-corrected chi connectivity index (χ3v) is 6.56. The molecule has 1 heterocycles. The zero-order valence-corrected chi connectivity index (χ0v) is 17.8. The van der Waals surface area contributed by atoms with Crippen molar-refractivity contribution < 1.29 is 8.42 Å². The summed E-state index contributed by atoms with van der Waals surface area (Å²) in [7, 11) is -3.50. The van der Waals surface area contributed by atoms with E-state index in [1.54, 1.807) is 12.1 Å². The van der Waals surface area contributed by atoms with Gasteiger partial charge in [0.2, 0.25) is 10.0 Å². The summed E-state index contributed by atoms with van der Waals surface area (Å²) in [4.78, 5) is 4.89. The molecule has 0 saturated heterocycles. The molecule has 0 bridgehead atoms. The van der Waals surface area contributed by atoms with Crippen LogP contribution in [0.3, 0.4) is 0 Å². The number of sulfonamides is 1. The zero-order chi connectivity index (χ0) is 20.3. The van der Waals surface area contributed by atoms with E-state index in [1.165, 1.54) is 0 Å². The Morgan fingerprint density at radius 3 is 2.36 bits per heavy atom. The molecule has 0 fully saturated rings. The Bertz CT molecular complexity index is 1040. The van der Waals surface area contributed by atoms with E-state index in [1.807, 2.05) is 44.2 Å². The van der Waals surface area contributed by atoms with Crippen LogP contribution < -0.4 is 4.72 Å². The smallest absolute Gasteiger partial charge is 0.240 e. The molecular formula is C22H29N3O2S. The lowest BCUT2D eigenvalue weighted by Gasteiger charge is -2.15. The number of rotatable bonds is 8. The molecule has 0 aliphatic heterocycles. The summed E-state index contributed by atoms with van der Waals surface area (Å²) in [5.41, 5.74) is 3.09. The maximum atomic E-state index is 12.6. The molecule has 0 aliphatic rings. The maximum absolute atomic E-state index is 12.6. The van der Waals surface area contributed by atoms with Gasteiger partial charge in [-0.05, 0) is 62.4 Å². The summed E-state index contributed by atoms with van der Waals surface area (Å²) in [5, 5.41) is 0. The minimum Gasteiger partial charge on any atom is -0.324 e. The van der Waals surface area contributed by atoms with Gasteiger partial charge >= 0.3 is 0 Å². The van der Waals surface area contributed by atoms with Crippen molar-refractivity contribution in [3.8, 4) is 0 Å². The number of para-hydroxylation sites is 2. The highest BCUT2D eigenvalue weighted by molar-refractivity contribution is 7.89. The van der Waals surface area contributed by atoms with Crippen LogP contribution in [0.4, 0.5) is 0 Å². The molecule has 1 unspecified atom stereocenters. The first-order chi connectivity index (χ1) is 13.3. The first kappa shape index (κ1) is 20.6. The quantitative estimate of drug-likeness (QED) is 0.607. The molecule has 150 valence electrons. The van der Waals surface area contributed by atoms with Gasteiger partial charge in [0, 0.05) is 12.6 Å². The first-order valence-corrected chi connectivity index (χ1v) is 11.3. The van der Waals surface area contributed by atoms with E-state index in [4.69, 9.17) is 0 Å². The fourth-order valence-electron chi connectivity index (χ4n) is 3.33. The SMILES string of the molecule is Cc1nc2ccccc2n1Cc1ccc(S(=O)(=O)NC(C)CCC(C)C)cc1. The molecule has 6 heteroatoms. The van der Waals surface area contributed by atoms with Gasteiger partial charge in [0.05, 0.1) is 15.9 Å². The van der Waals surface area contributed by atoms with Gasteiger partial charge in [-0.3, -0.25) is 0 Å². The van der Waals surface area contributed by atoms with Crippen LogP contribution in [0.15, 0.2) is 53.4 Å². The molecule has 0 amide bonds. The second kappa shape index (κ2) is 8.45. The van der Waals surface area contributed by atoms with Crippen LogP contribution in [0.2, 0.25) is 0 Å². The van der Waals surface area contributed by atoms with Crippen molar-refractivity contribution in [2.24, 2.45) is 5.92 Å². The Balaban J connectivity index is 1.73. The zero-order valence-electron chi connectivity index (χ0n) is 17.0. The molecule has 5 nitrogen and oxygen atoms in total. The predicted molar refractivity (Wildman–Crippen MR) is 114 cm³/mol. The molecule has 0 aliphatic carbocycles. The summed E-state index contributed by atoms with van der Waals surface area (Å²) in [6, 6.07) is 15.1. The Hall–Kier alpha value is -2.18. The Labute approximate surface area is 167 Å². The van der Waals surface area contributed by atoms with Gasteiger partial charge in [-0.2, -0.15) is 0 Å². The number of nitrogens with one attached hydrogen (secondary N) is 1. The average molecular weight is 400 g/mol. The lowest BCUT2D eigenvalue weighted by Crippen LogP contribution is -2.32. The van der Waals surface area contributed by atoms with Gasteiger partial charge in [0.1, 0.15) is 5.82 Å². The van der Waals surface area contributed by atoms with E-state index in [2.05, 4.69) is 34.2 Å². The number of benzene rings is 2. The Morgan fingerprint density at radius 1 is 1.00 bits per heavy atom. The molecule has 1 atom stereocenters. The maximum Gasteiger partial charge on any atom is 0.240 e. The van der Waals surface area contributed by atoms with E-state index >= 15 is 0 Å². The predicted octanol–water partition coefficient (Wildman–Crippen LogP) is 4.50. The van der Waals surface area contributed by atoms with Crippen molar-refractivity contribution in [3.05, 3.63) is 59.9 Å². The molecule has 1 aromatic heterocycles. The summed E-state index contributed by atoms with van der Waals surface area (Å²) in [6.07, 6.45) is 1.84. The number of nitrogens with zero attached hydrogens (tertiary/aromatic N) is 2. The van der Waals surface area contributed by atoms with Gasteiger partial charge in [-0.25, -0.2) is 18.1 Å². The fraction of sp³-hybridized carbons (Fsp3) is 0.409. The van der Waals surface area contributed by atoms with Gasteiger partial charge in [-0.1, -0.05) is 38.1 Å². The van der Waals surface area contributed by atoms with Crippen molar-refractivity contribution in [1.29, 1.82) is 0 Å². The minimum absolute atomic E-state index is 0.0768. The standard InChI is InChI=1S/C22H29N3O2S/c1-16(2)9-10-17(3)24-28(26,27)20-13-11-19(12-14-20)15-25-18(4)23-21-7-5-6-8-22(21)25/h5-8,11-14,16-17,24H,9-10,15H2,1-4H3. The third kappa shape index (κ3) is 4.80. The van der Waals surface area contributed by atoms with Crippen LogP contribution in [-0.4, -0.2) is 24.0 Å². The minimum atomic E-state index is -3.50. The lowest BCUT2D eigenvalue weighted by atomic mass is 10.1. The monoisotopic (exact) mass is 399 g/mol. The van der Waals surface area contributed by atoms with Crippen LogP contribution in [0.25, 0.3) is 11.0 Å². The number of imidazole rings is 1. The molecule has 3 aromatic rings. The molecular weight excluding hydrogens is 370 g/mol. The summed E-state index contributed by atoms with van der Waals surface area (Å²) in [5.74, 6) is 1.51. The van der Waals surface area contributed by atoms with Gasteiger partial charge < -0.3 is 4.57 Å². The molecule has 28 heavy (non-hydrogen) atoms. The van der Waals surface area contributed by atoms with Crippen molar-refractivity contribution in [2.45, 2.75) is 58.0 Å². The van der Waals surface area contributed by atoms with E-state index < -0.39 is 10.0 Å². The number of fused-ring (bicyclic) bond motifs is 1. The number of hydrogen-bond acceptors (Lipinski definition) is 3. The number of hydrogen-bond donors (Lipinski definition) is 1. The Morgan fingerprint density at radius 2 is 1.68 bits per heavy atom. The Kier molecular flexibility index (Phi) is 6.20. The highest BCUT2D eigenvalue weighted by Crippen LogP contribution is 2.19. The highest BCUT2D eigenvalue weighted by Gasteiger charge is 2.17. The summed E-state index contributed by atoms with van der Waals surface area (Å²) >= 11 is 0. The molecule has 0 saturated carbocycles. The normalized spacial score (nSPS) is 13.3. The van der Waals surface area contributed by atoms with E-state index in [0.29, 0.717) is 17.4 Å². The molecule has 0 radical (unpaired) electrons. The van der Waals surface area contributed by atoms with Gasteiger partial charge in [-0.15, -0.1) is 0 Å². The van der Waals surface area contributed by atoms with Crippen molar-refractivity contribution in [1.82, 2.24) is 14.3 Å². The summed E-state index contributed by atoms with van der Waals surface area (Å²) in [6.45, 7) is 8.85. The topological polar surface area (TPSA) is 64.0 Å². The van der Waals surface area contributed by atoms with Crippen molar-refractivity contribution in [3.63, 3.8) is 0 Å². The van der Waals surface area contributed by atoms with Crippen molar-refractivity contribution >= 4 is 21.1 Å². The largest absolute Gasteiger partial charge is 0.324 e. The van der Waals surface area contributed by atoms with E-state index in [9.17, 15) is 8.42 Å². The molecule has 0 spiro atoms. The first-order valence-electron chi connectivity index (χ1n) is 9.79. The van der Waals surface area contributed by atoms with Crippen LogP contribution in [-0.2, 0) is 16.6 Å². The van der Waals surface area contributed by atoms with Crippen LogP contribution in [0, 0.1) is 12.8 Å². The van der Waals surface area contributed by atoms with Crippen LogP contribution in [0.5, 0.6) is 0 Å². The average Bonchev–Trinajstić information content (AvgIpc) is 2.96. The molecule has 2 aromatic carbocycles.